The average molecular weight is 344 g/mol. The third-order valence-electron chi connectivity index (χ3n) is 4.53. The van der Waals surface area contributed by atoms with E-state index in [9.17, 15) is 4.79 Å². The molecule has 0 radical (unpaired) electrons. The van der Waals surface area contributed by atoms with E-state index in [-0.39, 0.29) is 5.91 Å². The highest BCUT2D eigenvalue weighted by Gasteiger charge is 2.10. The van der Waals surface area contributed by atoms with Gasteiger partial charge in [0.2, 0.25) is 5.91 Å². The molecule has 0 aliphatic rings. The maximum absolute atomic E-state index is 12.4. The summed E-state index contributed by atoms with van der Waals surface area (Å²) in [5.41, 5.74) is 4.47. The molecule has 0 bridgehead atoms. The van der Waals surface area contributed by atoms with Crippen LogP contribution in [-0.2, 0) is 17.8 Å². The zero-order valence-electron chi connectivity index (χ0n) is 14.6. The van der Waals surface area contributed by atoms with Crippen molar-refractivity contribution in [3.8, 4) is 0 Å². The maximum atomic E-state index is 12.4. The van der Waals surface area contributed by atoms with Gasteiger partial charge in [0.25, 0.3) is 0 Å². The fourth-order valence-electron chi connectivity index (χ4n) is 3.12. The first-order valence-electron chi connectivity index (χ1n) is 8.62. The number of H-pyrrole nitrogens is 1. The molecule has 0 saturated carbocycles. The number of aromatic nitrogens is 3. The quantitative estimate of drug-likeness (QED) is 0.577. The number of anilines is 1. The summed E-state index contributed by atoms with van der Waals surface area (Å²) in [7, 11) is 0. The predicted octanol–water partition coefficient (Wildman–Crippen LogP) is 3.90. The van der Waals surface area contributed by atoms with Gasteiger partial charge >= 0.3 is 0 Å². The van der Waals surface area contributed by atoms with Crippen molar-refractivity contribution in [3.05, 3.63) is 83.7 Å². The van der Waals surface area contributed by atoms with Gasteiger partial charge in [-0.25, -0.2) is 0 Å². The molecule has 1 amide bonds. The molecular weight excluding hydrogens is 324 g/mol. The van der Waals surface area contributed by atoms with Crippen LogP contribution in [0, 0.1) is 6.92 Å². The summed E-state index contributed by atoms with van der Waals surface area (Å²) in [5.74, 6) is 0.499. The third kappa shape index (κ3) is 3.37. The molecule has 0 saturated heterocycles. The van der Waals surface area contributed by atoms with Crippen LogP contribution in [0.5, 0.6) is 0 Å². The van der Waals surface area contributed by atoms with Gasteiger partial charge in [0.05, 0.1) is 13.0 Å². The number of benzene rings is 2. The number of carbonyl (C=O) groups excluding carboxylic acids is 1. The third-order valence-corrected chi connectivity index (χ3v) is 4.53. The number of aryl methyl sites for hydroxylation is 1. The molecule has 0 aliphatic heterocycles. The molecule has 0 fully saturated rings. The van der Waals surface area contributed by atoms with Gasteiger partial charge in [-0.15, -0.1) is 0 Å². The Kier molecular flexibility index (Phi) is 4.27. The minimum Gasteiger partial charge on any atom is -0.361 e. The van der Waals surface area contributed by atoms with E-state index in [1.807, 2.05) is 59.5 Å². The lowest BCUT2D eigenvalue weighted by atomic mass is 10.1. The van der Waals surface area contributed by atoms with Crippen molar-refractivity contribution in [2.75, 3.05) is 5.32 Å². The van der Waals surface area contributed by atoms with Gasteiger partial charge < -0.3 is 10.3 Å². The van der Waals surface area contributed by atoms with Crippen LogP contribution in [0.1, 0.15) is 16.7 Å². The van der Waals surface area contributed by atoms with Crippen molar-refractivity contribution >= 4 is 22.6 Å². The van der Waals surface area contributed by atoms with Crippen LogP contribution < -0.4 is 5.32 Å². The van der Waals surface area contributed by atoms with E-state index in [1.165, 1.54) is 11.1 Å². The van der Waals surface area contributed by atoms with Gasteiger partial charge in [-0.05, 0) is 29.7 Å². The van der Waals surface area contributed by atoms with Crippen molar-refractivity contribution < 1.29 is 4.79 Å². The number of carbonyl (C=O) groups is 1. The number of aromatic amines is 1. The molecule has 5 heteroatoms. The maximum Gasteiger partial charge on any atom is 0.230 e. The van der Waals surface area contributed by atoms with Crippen LogP contribution in [0.2, 0.25) is 0 Å². The SMILES string of the molecule is Cc1ccccc1Cn1ccc(NC(=O)Cc2c[nH]c3ccccc23)n1. The van der Waals surface area contributed by atoms with Crippen LogP contribution in [-0.4, -0.2) is 20.7 Å². The monoisotopic (exact) mass is 344 g/mol. The van der Waals surface area contributed by atoms with Gasteiger partial charge in [-0.1, -0.05) is 42.5 Å². The lowest BCUT2D eigenvalue weighted by Gasteiger charge is -2.05. The summed E-state index contributed by atoms with van der Waals surface area (Å²) in [6.07, 6.45) is 4.09. The number of hydrogen-bond acceptors (Lipinski definition) is 2. The zero-order valence-corrected chi connectivity index (χ0v) is 14.6. The van der Waals surface area contributed by atoms with Crippen molar-refractivity contribution in [2.45, 2.75) is 19.9 Å². The van der Waals surface area contributed by atoms with Crippen LogP contribution in [0.4, 0.5) is 5.82 Å². The van der Waals surface area contributed by atoms with Gasteiger partial charge in [0.15, 0.2) is 5.82 Å². The number of amides is 1. The predicted molar refractivity (Wildman–Crippen MR) is 103 cm³/mol. The fourth-order valence-corrected chi connectivity index (χ4v) is 3.12. The summed E-state index contributed by atoms with van der Waals surface area (Å²) in [6.45, 7) is 2.77. The first-order valence-corrected chi connectivity index (χ1v) is 8.62. The Morgan fingerprint density at radius 2 is 1.88 bits per heavy atom. The number of hydrogen-bond donors (Lipinski definition) is 2. The Bertz CT molecular complexity index is 1060. The minimum absolute atomic E-state index is 0.0732. The normalized spacial score (nSPS) is 11.0. The highest BCUT2D eigenvalue weighted by Crippen LogP contribution is 2.18. The van der Waals surface area contributed by atoms with E-state index in [2.05, 4.69) is 34.5 Å². The molecule has 2 N–H and O–H groups in total. The van der Waals surface area contributed by atoms with Crippen molar-refractivity contribution in [1.29, 1.82) is 0 Å². The largest absolute Gasteiger partial charge is 0.361 e. The van der Waals surface area contributed by atoms with E-state index in [4.69, 9.17) is 0 Å². The second-order valence-electron chi connectivity index (χ2n) is 6.41. The molecule has 0 aliphatic carbocycles. The second kappa shape index (κ2) is 6.88. The summed E-state index contributed by atoms with van der Waals surface area (Å²) in [4.78, 5) is 15.6. The Balaban J connectivity index is 1.42. The summed E-state index contributed by atoms with van der Waals surface area (Å²) in [5, 5.41) is 8.41. The van der Waals surface area contributed by atoms with Gasteiger partial charge in [-0.3, -0.25) is 9.48 Å². The number of fused-ring (bicyclic) bond motifs is 1. The molecule has 2 aromatic heterocycles. The average Bonchev–Trinajstić information content (AvgIpc) is 3.24. The Hall–Kier alpha value is -3.34. The van der Waals surface area contributed by atoms with E-state index in [0.29, 0.717) is 18.8 Å². The van der Waals surface area contributed by atoms with E-state index < -0.39 is 0 Å². The first kappa shape index (κ1) is 16.1. The Labute approximate surface area is 151 Å². The molecular formula is C21H20N4O. The molecule has 2 aromatic carbocycles. The van der Waals surface area contributed by atoms with Crippen LogP contribution in [0.3, 0.4) is 0 Å². The van der Waals surface area contributed by atoms with E-state index >= 15 is 0 Å². The fraction of sp³-hybridized carbons (Fsp3) is 0.143. The standard InChI is InChI=1S/C21H20N4O/c1-15-6-2-3-7-16(15)14-25-11-10-20(24-25)23-21(26)12-17-13-22-19-9-5-4-8-18(17)19/h2-11,13,22H,12,14H2,1H3,(H,23,24,26). The highest BCUT2D eigenvalue weighted by atomic mass is 16.1. The molecule has 0 spiro atoms. The molecule has 4 aromatic rings. The van der Waals surface area contributed by atoms with Gasteiger partial charge in [0, 0.05) is 29.4 Å². The van der Waals surface area contributed by atoms with Crippen molar-refractivity contribution in [1.82, 2.24) is 14.8 Å². The van der Waals surface area contributed by atoms with Crippen molar-refractivity contribution in [3.63, 3.8) is 0 Å². The Morgan fingerprint density at radius 1 is 1.08 bits per heavy atom. The number of nitrogens with zero attached hydrogens (tertiary/aromatic N) is 2. The van der Waals surface area contributed by atoms with Crippen LogP contribution in [0.25, 0.3) is 10.9 Å². The number of rotatable bonds is 5. The van der Waals surface area contributed by atoms with Crippen LogP contribution in [0.15, 0.2) is 67.0 Å². The van der Waals surface area contributed by atoms with Gasteiger partial charge in [0.1, 0.15) is 0 Å². The molecule has 5 nitrogen and oxygen atoms in total. The lowest BCUT2D eigenvalue weighted by molar-refractivity contribution is -0.115. The molecule has 26 heavy (non-hydrogen) atoms. The van der Waals surface area contributed by atoms with Gasteiger partial charge in [-0.2, -0.15) is 5.10 Å². The molecule has 130 valence electrons. The van der Waals surface area contributed by atoms with Crippen LogP contribution >= 0.6 is 0 Å². The number of para-hydroxylation sites is 1. The van der Waals surface area contributed by atoms with E-state index in [0.717, 1.165) is 16.5 Å². The molecule has 0 unspecified atom stereocenters. The number of nitrogens with one attached hydrogen (secondary N) is 2. The topological polar surface area (TPSA) is 62.7 Å². The smallest absolute Gasteiger partial charge is 0.230 e. The second-order valence-corrected chi connectivity index (χ2v) is 6.41. The molecule has 0 atom stereocenters. The first-order chi connectivity index (χ1) is 12.7. The Morgan fingerprint density at radius 3 is 2.77 bits per heavy atom. The van der Waals surface area contributed by atoms with Crippen molar-refractivity contribution in [2.24, 2.45) is 0 Å². The zero-order chi connectivity index (χ0) is 17.9. The molecule has 2 heterocycles. The highest BCUT2D eigenvalue weighted by molar-refractivity contribution is 5.95. The summed E-state index contributed by atoms with van der Waals surface area (Å²) < 4.78 is 1.84. The van der Waals surface area contributed by atoms with E-state index in [1.54, 1.807) is 0 Å². The summed E-state index contributed by atoms with van der Waals surface area (Å²) in [6, 6.07) is 18.0. The molecule has 4 rings (SSSR count). The lowest BCUT2D eigenvalue weighted by Crippen LogP contribution is -2.15. The summed E-state index contributed by atoms with van der Waals surface area (Å²) >= 11 is 0. The minimum atomic E-state index is -0.0732.